The van der Waals surface area contributed by atoms with E-state index >= 15 is 0 Å². The normalized spacial score (nSPS) is 25.1. The van der Waals surface area contributed by atoms with Gasteiger partial charge >= 0.3 is 0 Å². The lowest BCUT2D eigenvalue weighted by atomic mass is 9.84. The monoisotopic (exact) mass is 387 g/mol. The van der Waals surface area contributed by atoms with Gasteiger partial charge in [0.1, 0.15) is 5.82 Å². The van der Waals surface area contributed by atoms with Gasteiger partial charge in [0.25, 0.3) is 0 Å². The van der Waals surface area contributed by atoms with Crippen LogP contribution in [0.2, 0.25) is 0 Å². The molecule has 0 saturated carbocycles. The molecule has 2 unspecified atom stereocenters. The summed E-state index contributed by atoms with van der Waals surface area (Å²) in [6.45, 7) is 10.6. The van der Waals surface area contributed by atoms with E-state index in [0.717, 1.165) is 47.6 Å². The van der Waals surface area contributed by atoms with Gasteiger partial charge in [-0.2, -0.15) is 0 Å². The molecular weight excluding hydrogens is 357 g/mol. The molecule has 6 nitrogen and oxygen atoms in total. The van der Waals surface area contributed by atoms with Crippen molar-refractivity contribution in [1.29, 1.82) is 0 Å². The quantitative estimate of drug-likeness (QED) is 0.688. The number of nitrogens with zero attached hydrogens (tertiary/aromatic N) is 2. The standard InChI is InChI=1S/C21H30FN5O/c1-12-9-13(22)10-15-14(6-8-26(18(12)15)21(2,3)4)20(28)27-17-5-7-24-11-16(17)19(23)25-27/h9-10,14,19,24-25H,5-8,11,23H2,1-4H3. The van der Waals surface area contributed by atoms with Gasteiger partial charge in [-0.05, 0) is 62.9 Å². The highest BCUT2D eigenvalue weighted by molar-refractivity contribution is 5.88. The molecule has 0 spiro atoms. The van der Waals surface area contributed by atoms with E-state index in [-0.39, 0.29) is 29.3 Å². The number of carbonyl (C=O) groups is 1. The van der Waals surface area contributed by atoms with Crippen LogP contribution in [0.1, 0.15) is 50.7 Å². The first-order chi connectivity index (χ1) is 13.2. The maximum Gasteiger partial charge on any atom is 0.248 e. The Morgan fingerprint density at radius 1 is 1.32 bits per heavy atom. The van der Waals surface area contributed by atoms with Gasteiger partial charge in [-0.15, -0.1) is 0 Å². The Labute approximate surface area is 165 Å². The van der Waals surface area contributed by atoms with Crippen LogP contribution in [0.4, 0.5) is 10.1 Å². The number of hydrogen-bond donors (Lipinski definition) is 3. The average molecular weight is 388 g/mol. The molecule has 152 valence electrons. The van der Waals surface area contributed by atoms with Crippen molar-refractivity contribution in [3.63, 3.8) is 0 Å². The molecular formula is C21H30FN5O. The van der Waals surface area contributed by atoms with Gasteiger partial charge in [-0.25, -0.2) is 14.8 Å². The van der Waals surface area contributed by atoms with Crippen molar-refractivity contribution < 1.29 is 9.18 Å². The van der Waals surface area contributed by atoms with Crippen LogP contribution in [-0.4, -0.2) is 42.3 Å². The van der Waals surface area contributed by atoms with Crippen LogP contribution in [-0.2, 0) is 4.79 Å². The van der Waals surface area contributed by atoms with Crippen LogP contribution in [0.15, 0.2) is 23.4 Å². The van der Waals surface area contributed by atoms with Gasteiger partial charge in [-0.1, -0.05) is 0 Å². The number of nitrogens with two attached hydrogens (primary N) is 1. The highest BCUT2D eigenvalue weighted by Gasteiger charge is 2.41. The number of rotatable bonds is 1. The van der Waals surface area contributed by atoms with Gasteiger partial charge in [0.2, 0.25) is 5.91 Å². The Morgan fingerprint density at radius 3 is 2.79 bits per heavy atom. The predicted octanol–water partition coefficient (Wildman–Crippen LogP) is 2.11. The van der Waals surface area contributed by atoms with E-state index in [1.165, 1.54) is 6.07 Å². The molecule has 4 N–H and O–H groups in total. The molecule has 0 bridgehead atoms. The molecule has 0 aliphatic carbocycles. The number of hydrazine groups is 1. The minimum Gasteiger partial charge on any atom is -0.366 e. The average Bonchev–Trinajstić information content (AvgIpc) is 2.96. The first-order valence-corrected chi connectivity index (χ1v) is 10.0. The fourth-order valence-corrected chi connectivity index (χ4v) is 4.73. The SMILES string of the molecule is Cc1cc(F)cc2c1N(C(C)(C)C)CCC2C(=O)N1NC(N)C2=C1CCNC2. The second kappa shape index (κ2) is 6.83. The maximum atomic E-state index is 14.3. The number of fused-ring (bicyclic) bond motifs is 1. The van der Waals surface area contributed by atoms with Crippen LogP contribution < -0.4 is 21.4 Å². The molecule has 28 heavy (non-hydrogen) atoms. The summed E-state index contributed by atoms with van der Waals surface area (Å²) >= 11 is 0. The summed E-state index contributed by atoms with van der Waals surface area (Å²) in [6, 6.07) is 3.10. The van der Waals surface area contributed by atoms with Crippen molar-refractivity contribution in [2.24, 2.45) is 5.73 Å². The topological polar surface area (TPSA) is 73.6 Å². The van der Waals surface area contributed by atoms with E-state index in [1.54, 1.807) is 11.1 Å². The second-order valence-corrected chi connectivity index (χ2v) is 9.00. The van der Waals surface area contributed by atoms with Crippen molar-refractivity contribution in [2.45, 2.75) is 58.2 Å². The smallest absolute Gasteiger partial charge is 0.248 e. The third kappa shape index (κ3) is 3.11. The minimum absolute atomic E-state index is 0.0397. The maximum absolute atomic E-state index is 14.3. The fraction of sp³-hybridized carbons (Fsp3) is 0.571. The summed E-state index contributed by atoms with van der Waals surface area (Å²) in [6.07, 6.45) is 1.06. The highest BCUT2D eigenvalue weighted by Crippen LogP contribution is 2.43. The Balaban J connectivity index is 1.73. The van der Waals surface area contributed by atoms with Gasteiger partial charge < -0.3 is 16.0 Å². The second-order valence-electron chi connectivity index (χ2n) is 9.00. The lowest BCUT2D eigenvalue weighted by Gasteiger charge is -2.45. The Kier molecular flexibility index (Phi) is 4.72. The van der Waals surface area contributed by atoms with Gasteiger partial charge in [0, 0.05) is 43.0 Å². The Bertz CT molecular complexity index is 844. The van der Waals surface area contributed by atoms with E-state index in [4.69, 9.17) is 5.73 Å². The number of benzene rings is 1. The Hall–Kier alpha value is -1.96. The number of hydrogen-bond acceptors (Lipinski definition) is 5. The number of aryl methyl sites for hydroxylation is 1. The zero-order chi connectivity index (χ0) is 20.2. The van der Waals surface area contributed by atoms with E-state index in [0.29, 0.717) is 13.0 Å². The Morgan fingerprint density at radius 2 is 2.07 bits per heavy atom. The van der Waals surface area contributed by atoms with Gasteiger partial charge in [-0.3, -0.25) is 4.79 Å². The number of amides is 1. The molecule has 3 aliphatic heterocycles. The summed E-state index contributed by atoms with van der Waals surface area (Å²) in [4.78, 5) is 15.8. The molecule has 3 heterocycles. The van der Waals surface area contributed by atoms with Crippen molar-refractivity contribution in [2.75, 3.05) is 24.5 Å². The first-order valence-electron chi connectivity index (χ1n) is 10.0. The van der Waals surface area contributed by atoms with E-state index in [9.17, 15) is 9.18 Å². The van der Waals surface area contributed by atoms with E-state index < -0.39 is 0 Å². The van der Waals surface area contributed by atoms with Crippen molar-refractivity contribution in [3.8, 4) is 0 Å². The summed E-state index contributed by atoms with van der Waals surface area (Å²) in [7, 11) is 0. The number of anilines is 1. The number of nitrogens with one attached hydrogen (secondary N) is 2. The number of halogens is 1. The van der Waals surface area contributed by atoms with E-state index in [1.807, 2.05) is 6.92 Å². The van der Waals surface area contributed by atoms with Crippen molar-refractivity contribution >= 4 is 11.6 Å². The molecule has 0 fully saturated rings. The largest absolute Gasteiger partial charge is 0.366 e. The molecule has 1 aromatic rings. The summed E-state index contributed by atoms with van der Waals surface area (Å²) in [5, 5.41) is 4.95. The lowest BCUT2D eigenvalue weighted by molar-refractivity contribution is -0.133. The predicted molar refractivity (Wildman–Crippen MR) is 108 cm³/mol. The highest BCUT2D eigenvalue weighted by atomic mass is 19.1. The molecule has 3 aliphatic rings. The van der Waals surface area contributed by atoms with Crippen LogP contribution in [0, 0.1) is 12.7 Å². The first kappa shape index (κ1) is 19.4. The summed E-state index contributed by atoms with van der Waals surface area (Å²) in [5.41, 5.74) is 13.9. The zero-order valence-electron chi connectivity index (χ0n) is 17.1. The fourth-order valence-electron chi connectivity index (χ4n) is 4.73. The van der Waals surface area contributed by atoms with Gasteiger partial charge in [0.05, 0.1) is 12.1 Å². The lowest BCUT2D eigenvalue weighted by Crippen LogP contribution is -2.50. The molecule has 7 heteroatoms. The molecule has 2 atom stereocenters. The molecule has 0 saturated heterocycles. The minimum atomic E-state index is -0.385. The van der Waals surface area contributed by atoms with E-state index in [2.05, 4.69) is 36.4 Å². The number of carbonyl (C=O) groups excluding carboxylic acids is 1. The van der Waals surface area contributed by atoms with Crippen LogP contribution in [0.25, 0.3) is 0 Å². The van der Waals surface area contributed by atoms with Crippen molar-refractivity contribution in [1.82, 2.24) is 15.8 Å². The molecule has 1 amide bonds. The van der Waals surface area contributed by atoms with Crippen LogP contribution in [0.5, 0.6) is 0 Å². The van der Waals surface area contributed by atoms with Gasteiger partial charge in [0.15, 0.2) is 0 Å². The zero-order valence-corrected chi connectivity index (χ0v) is 17.1. The summed E-state index contributed by atoms with van der Waals surface area (Å²) in [5.74, 6) is -0.718. The third-order valence-corrected chi connectivity index (χ3v) is 6.05. The van der Waals surface area contributed by atoms with Crippen molar-refractivity contribution in [3.05, 3.63) is 40.3 Å². The molecule has 1 aromatic carbocycles. The van der Waals surface area contributed by atoms with Crippen LogP contribution in [0.3, 0.4) is 0 Å². The summed E-state index contributed by atoms with van der Waals surface area (Å²) < 4.78 is 14.3. The molecule has 0 radical (unpaired) electrons. The molecule has 4 rings (SSSR count). The van der Waals surface area contributed by atoms with Crippen LogP contribution >= 0.6 is 0 Å². The molecule has 0 aromatic heterocycles. The third-order valence-electron chi connectivity index (χ3n) is 6.05.